The number of amides is 3. The van der Waals surface area contributed by atoms with Gasteiger partial charge in [0.2, 0.25) is 17.7 Å². The van der Waals surface area contributed by atoms with E-state index < -0.39 is 12.1 Å². The highest BCUT2D eigenvalue weighted by Gasteiger charge is 2.41. The SMILES string of the molecule is CC(NCC1CC1)C(=O)N[C@H](C(=O)N1CCC[C@H]1C(=O)Nc1snnc1-c1ccccc1)C1CCCCC1. The number of nitrogens with zero attached hydrogens (tertiary/aromatic N) is 3. The van der Waals surface area contributed by atoms with Gasteiger partial charge in [-0.2, -0.15) is 0 Å². The molecule has 1 saturated heterocycles. The average molecular weight is 539 g/mol. The highest BCUT2D eigenvalue weighted by Crippen LogP contribution is 2.32. The fraction of sp³-hybridized carbons (Fsp3) is 0.607. The summed E-state index contributed by atoms with van der Waals surface area (Å²) in [5, 5.41) is 14.2. The summed E-state index contributed by atoms with van der Waals surface area (Å²) in [4.78, 5) is 42.2. The number of rotatable bonds is 10. The number of carbonyl (C=O) groups is 3. The highest BCUT2D eigenvalue weighted by molar-refractivity contribution is 7.10. The average Bonchev–Trinajstić information content (AvgIpc) is 3.44. The molecule has 9 nitrogen and oxygen atoms in total. The molecule has 2 saturated carbocycles. The van der Waals surface area contributed by atoms with Crippen LogP contribution in [-0.2, 0) is 14.4 Å². The Morgan fingerprint density at radius 1 is 1.03 bits per heavy atom. The second-order valence-electron chi connectivity index (χ2n) is 11.0. The minimum absolute atomic E-state index is 0.0931. The molecule has 3 aliphatic rings. The molecule has 0 spiro atoms. The van der Waals surface area contributed by atoms with Gasteiger partial charge < -0.3 is 20.9 Å². The lowest BCUT2D eigenvalue weighted by Gasteiger charge is -2.35. The Balaban J connectivity index is 1.28. The third kappa shape index (κ3) is 6.40. The minimum atomic E-state index is -0.605. The monoisotopic (exact) mass is 538 g/mol. The van der Waals surface area contributed by atoms with Crippen molar-refractivity contribution in [3.63, 3.8) is 0 Å². The number of nitrogens with one attached hydrogen (secondary N) is 3. The summed E-state index contributed by atoms with van der Waals surface area (Å²) in [6.07, 6.45) is 8.88. The number of carbonyl (C=O) groups excluding carboxylic acids is 3. The summed E-state index contributed by atoms with van der Waals surface area (Å²) in [5.41, 5.74) is 1.50. The smallest absolute Gasteiger partial charge is 0.247 e. The van der Waals surface area contributed by atoms with Crippen LogP contribution in [0.2, 0.25) is 0 Å². The Kier molecular flexibility index (Phi) is 8.68. The topological polar surface area (TPSA) is 116 Å². The van der Waals surface area contributed by atoms with Crippen molar-refractivity contribution in [3.05, 3.63) is 30.3 Å². The van der Waals surface area contributed by atoms with Crippen molar-refractivity contribution in [2.45, 2.75) is 82.8 Å². The number of aromatic nitrogens is 2. The first kappa shape index (κ1) is 26.7. The van der Waals surface area contributed by atoms with Crippen molar-refractivity contribution in [3.8, 4) is 11.3 Å². The van der Waals surface area contributed by atoms with E-state index in [0.717, 1.165) is 62.2 Å². The molecule has 38 heavy (non-hydrogen) atoms. The lowest BCUT2D eigenvalue weighted by Crippen LogP contribution is -2.58. The quantitative estimate of drug-likeness (QED) is 0.426. The molecule has 0 radical (unpaired) electrons. The first-order chi connectivity index (χ1) is 18.5. The summed E-state index contributed by atoms with van der Waals surface area (Å²) in [5.74, 6) is 0.254. The van der Waals surface area contributed by atoms with Crippen molar-refractivity contribution in [2.24, 2.45) is 11.8 Å². The van der Waals surface area contributed by atoms with Crippen LogP contribution in [0.5, 0.6) is 0 Å². The van der Waals surface area contributed by atoms with Gasteiger partial charge in [0, 0.05) is 23.6 Å². The van der Waals surface area contributed by atoms with Crippen molar-refractivity contribution in [1.29, 1.82) is 0 Å². The molecule has 1 aromatic carbocycles. The zero-order valence-corrected chi connectivity index (χ0v) is 22.8. The molecule has 204 valence electrons. The summed E-state index contributed by atoms with van der Waals surface area (Å²) in [7, 11) is 0. The third-order valence-corrected chi connectivity index (χ3v) is 8.74. The maximum Gasteiger partial charge on any atom is 0.247 e. The molecule has 2 aromatic rings. The predicted molar refractivity (Wildman–Crippen MR) is 147 cm³/mol. The molecular weight excluding hydrogens is 500 g/mol. The van der Waals surface area contributed by atoms with Gasteiger partial charge >= 0.3 is 0 Å². The number of hydrogen-bond acceptors (Lipinski definition) is 7. The van der Waals surface area contributed by atoms with Crippen LogP contribution >= 0.6 is 11.5 Å². The molecule has 2 heterocycles. The lowest BCUT2D eigenvalue weighted by atomic mass is 9.83. The second kappa shape index (κ2) is 12.3. The maximum atomic E-state index is 14.0. The molecule has 1 unspecified atom stereocenters. The number of hydrogen-bond donors (Lipinski definition) is 3. The molecule has 1 aliphatic heterocycles. The number of benzene rings is 1. The molecule has 5 rings (SSSR count). The van der Waals surface area contributed by atoms with Gasteiger partial charge in [0.05, 0.1) is 6.04 Å². The number of likely N-dealkylation sites (tertiary alicyclic amines) is 1. The van der Waals surface area contributed by atoms with Crippen molar-refractivity contribution < 1.29 is 14.4 Å². The molecular formula is C28H38N6O3S. The molecule has 3 atom stereocenters. The highest BCUT2D eigenvalue weighted by atomic mass is 32.1. The van der Waals surface area contributed by atoms with Crippen LogP contribution in [0.3, 0.4) is 0 Å². The van der Waals surface area contributed by atoms with Gasteiger partial charge in [-0.15, -0.1) is 5.10 Å². The normalized spacial score (nSPS) is 21.6. The van der Waals surface area contributed by atoms with Gasteiger partial charge in [-0.25, -0.2) is 0 Å². The molecule has 3 amide bonds. The fourth-order valence-corrected chi connectivity index (χ4v) is 6.22. The van der Waals surface area contributed by atoms with Crippen LogP contribution in [0.4, 0.5) is 5.00 Å². The van der Waals surface area contributed by atoms with Gasteiger partial charge in [-0.05, 0) is 63.8 Å². The van der Waals surface area contributed by atoms with E-state index in [1.807, 2.05) is 37.3 Å². The van der Waals surface area contributed by atoms with E-state index in [1.165, 1.54) is 12.8 Å². The Bertz CT molecular complexity index is 1110. The number of anilines is 1. The molecule has 2 aliphatic carbocycles. The van der Waals surface area contributed by atoms with Crippen LogP contribution in [0.15, 0.2) is 30.3 Å². The zero-order chi connectivity index (χ0) is 26.5. The minimum Gasteiger partial charge on any atom is -0.343 e. The summed E-state index contributed by atoms with van der Waals surface area (Å²) >= 11 is 1.13. The van der Waals surface area contributed by atoms with E-state index in [0.29, 0.717) is 29.6 Å². The van der Waals surface area contributed by atoms with E-state index in [-0.39, 0.29) is 29.7 Å². The van der Waals surface area contributed by atoms with E-state index in [4.69, 9.17) is 0 Å². The van der Waals surface area contributed by atoms with Crippen LogP contribution < -0.4 is 16.0 Å². The molecule has 3 fully saturated rings. The first-order valence-electron chi connectivity index (χ1n) is 14.0. The van der Waals surface area contributed by atoms with Crippen molar-refractivity contribution >= 4 is 34.3 Å². The summed E-state index contributed by atoms with van der Waals surface area (Å²) in [6.45, 7) is 3.21. The van der Waals surface area contributed by atoms with Crippen LogP contribution in [0.25, 0.3) is 11.3 Å². The maximum absolute atomic E-state index is 14.0. The fourth-order valence-electron chi connectivity index (χ4n) is 5.62. The Labute approximate surface area is 228 Å². The third-order valence-electron chi connectivity index (χ3n) is 8.10. The summed E-state index contributed by atoms with van der Waals surface area (Å²) in [6, 6.07) is 8.06. The van der Waals surface area contributed by atoms with E-state index in [9.17, 15) is 14.4 Å². The molecule has 1 aromatic heterocycles. The Morgan fingerprint density at radius 3 is 2.53 bits per heavy atom. The van der Waals surface area contributed by atoms with Crippen LogP contribution in [-0.4, -0.2) is 63.4 Å². The lowest BCUT2D eigenvalue weighted by molar-refractivity contribution is -0.142. The van der Waals surface area contributed by atoms with Crippen molar-refractivity contribution in [2.75, 3.05) is 18.4 Å². The van der Waals surface area contributed by atoms with E-state index in [2.05, 4.69) is 25.5 Å². The zero-order valence-electron chi connectivity index (χ0n) is 22.0. The van der Waals surface area contributed by atoms with Crippen LogP contribution in [0, 0.1) is 11.8 Å². The summed E-state index contributed by atoms with van der Waals surface area (Å²) < 4.78 is 4.04. The first-order valence-corrected chi connectivity index (χ1v) is 14.8. The molecule has 0 bridgehead atoms. The largest absolute Gasteiger partial charge is 0.343 e. The van der Waals surface area contributed by atoms with Gasteiger partial charge in [-0.3, -0.25) is 14.4 Å². The standard InChI is InChI=1S/C28H38N6O3S/c1-18(29-17-19-14-15-19)25(35)30-24(21-11-6-3-7-12-21)28(37)34-16-8-13-22(34)26(36)31-27-23(32-33-38-27)20-9-4-2-5-10-20/h2,4-5,9-10,18-19,21-22,24,29H,3,6-8,11-17H2,1H3,(H,30,35)(H,31,36)/t18?,22-,24-/m0/s1. The Morgan fingerprint density at radius 2 is 1.79 bits per heavy atom. The van der Waals surface area contributed by atoms with Gasteiger partial charge in [0.1, 0.15) is 22.8 Å². The second-order valence-corrected chi connectivity index (χ2v) is 11.7. The van der Waals surface area contributed by atoms with E-state index >= 15 is 0 Å². The van der Waals surface area contributed by atoms with E-state index in [1.54, 1.807) is 4.90 Å². The predicted octanol–water partition coefficient (Wildman–Crippen LogP) is 3.59. The van der Waals surface area contributed by atoms with Crippen molar-refractivity contribution in [1.82, 2.24) is 25.1 Å². The van der Waals surface area contributed by atoms with Gasteiger partial charge in [0.25, 0.3) is 0 Å². The van der Waals surface area contributed by atoms with Gasteiger partial charge in [0.15, 0.2) is 0 Å². The van der Waals surface area contributed by atoms with Crippen LogP contribution in [0.1, 0.15) is 64.7 Å². The Hall–Kier alpha value is -2.85. The van der Waals surface area contributed by atoms with Gasteiger partial charge in [-0.1, -0.05) is 54.1 Å². The molecule has 3 N–H and O–H groups in total. The molecule has 10 heteroatoms.